The molecule has 0 atom stereocenters. The van der Waals surface area contributed by atoms with Gasteiger partial charge in [0.2, 0.25) is 5.95 Å². The summed E-state index contributed by atoms with van der Waals surface area (Å²) in [6, 6.07) is 12.4. The number of halogens is 2. The number of nitrogens with zero attached hydrogens (tertiary/aromatic N) is 4. The SMILES string of the molecule is C=CCNc1cc(Nc2nccc(Nc3cccc(OC)c3)n2)c(OC(F)F)cc1N(C)CCN(C)C. The summed E-state index contributed by atoms with van der Waals surface area (Å²) >= 11 is 0. The van der Waals surface area contributed by atoms with Crippen LogP contribution in [0.25, 0.3) is 0 Å². The third-order valence-electron chi connectivity index (χ3n) is 5.29. The molecule has 3 N–H and O–H groups in total. The van der Waals surface area contributed by atoms with E-state index in [1.54, 1.807) is 37.6 Å². The lowest BCUT2D eigenvalue weighted by Gasteiger charge is -2.26. The number of hydrogen-bond donors (Lipinski definition) is 3. The lowest BCUT2D eigenvalue weighted by atomic mass is 10.2. The Balaban J connectivity index is 1.93. The topological polar surface area (TPSA) is 86.8 Å². The molecule has 9 nitrogen and oxygen atoms in total. The summed E-state index contributed by atoms with van der Waals surface area (Å²) in [4.78, 5) is 12.7. The second kappa shape index (κ2) is 13.3. The van der Waals surface area contributed by atoms with Gasteiger partial charge < -0.3 is 35.2 Å². The number of hydrogen-bond acceptors (Lipinski definition) is 9. The summed E-state index contributed by atoms with van der Waals surface area (Å²) in [5.41, 5.74) is 2.48. The van der Waals surface area contributed by atoms with Crippen LogP contribution in [0.2, 0.25) is 0 Å². The van der Waals surface area contributed by atoms with Crippen molar-refractivity contribution in [3.8, 4) is 11.5 Å². The van der Waals surface area contributed by atoms with Gasteiger partial charge in [-0.2, -0.15) is 13.8 Å². The highest BCUT2D eigenvalue weighted by atomic mass is 19.3. The van der Waals surface area contributed by atoms with Crippen LogP contribution in [-0.2, 0) is 0 Å². The van der Waals surface area contributed by atoms with Gasteiger partial charge in [-0.15, -0.1) is 6.58 Å². The van der Waals surface area contributed by atoms with Gasteiger partial charge in [-0.1, -0.05) is 12.1 Å². The van der Waals surface area contributed by atoms with Gasteiger partial charge in [0.15, 0.2) is 5.75 Å². The molecule has 0 saturated carbocycles. The quantitative estimate of drug-likeness (QED) is 0.253. The van der Waals surface area contributed by atoms with Crippen molar-refractivity contribution in [2.75, 3.05) is 68.7 Å². The van der Waals surface area contributed by atoms with Crippen LogP contribution in [0.4, 0.5) is 43.3 Å². The summed E-state index contributed by atoms with van der Waals surface area (Å²) < 4.78 is 36.8. The van der Waals surface area contributed by atoms with Gasteiger partial charge in [0.1, 0.15) is 11.6 Å². The van der Waals surface area contributed by atoms with E-state index in [0.29, 0.717) is 30.3 Å². The highest BCUT2D eigenvalue weighted by molar-refractivity contribution is 5.81. The Kier molecular flexibility index (Phi) is 9.84. The predicted molar refractivity (Wildman–Crippen MR) is 145 cm³/mol. The molecule has 0 aliphatic carbocycles. The molecule has 0 fully saturated rings. The zero-order valence-corrected chi connectivity index (χ0v) is 21.5. The van der Waals surface area contributed by atoms with Crippen LogP contribution >= 0.6 is 0 Å². The Morgan fingerprint density at radius 1 is 1.05 bits per heavy atom. The Hall–Kier alpha value is -4.12. The Bertz CT molecular complexity index is 1180. The standard InChI is InChI=1S/C26H33F2N7O2/c1-6-11-29-20-16-21(23(37-25(27)28)17-22(20)35(4)14-13-34(2)3)32-26-30-12-10-24(33-26)31-18-8-7-9-19(15-18)36-5/h6-10,12,15-17,25,29H,1,11,13-14H2,2-5H3,(H2,30,31,32,33). The second-order valence-electron chi connectivity index (χ2n) is 8.39. The van der Waals surface area contributed by atoms with Crippen LogP contribution in [0.5, 0.6) is 11.5 Å². The maximum Gasteiger partial charge on any atom is 0.387 e. The number of benzene rings is 2. The van der Waals surface area contributed by atoms with Gasteiger partial charge in [-0.05, 0) is 38.4 Å². The molecule has 0 saturated heterocycles. The number of anilines is 6. The van der Waals surface area contributed by atoms with E-state index in [2.05, 4.69) is 32.5 Å². The Morgan fingerprint density at radius 3 is 2.57 bits per heavy atom. The van der Waals surface area contributed by atoms with Crippen molar-refractivity contribution < 1.29 is 18.3 Å². The van der Waals surface area contributed by atoms with E-state index in [4.69, 9.17) is 9.47 Å². The molecule has 37 heavy (non-hydrogen) atoms. The average molecular weight is 514 g/mol. The molecular weight excluding hydrogens is 480 g/mol. The van der Waals surface area contributed by atoms with Crippen LogP contribution in [0.1, 0.15) is 0 Å². The largest absolute Gasteiger partial charge is 0.497 e. The van der Waals surface area contributed by atoms with Crippen LogP contribution in [0.15, 0.2) is 61.3 Å². The lowest BCUT2D eigenvalue weighted by Crippen LogP contribution is -2.29. The van der Waals surface area contributed by atoms with E-state index < -0.39 is 6.61 Å². The first kappa shape index (κ1) is 27.5. The molecule has 1 aromatic heterocycles. The van der Waals surface area contributed by atoms with Crippen LogP contribution in [0, 0.1) is 0 Å². The second-order valence-corrected chi connectivity index (χ2v) is 8.39. The third-order valence-corrected chi connectivity index (χ3v) is 5.29. The molecule has 11 heteroatoms. The molecule has 2 aromatic carbocycles. The van der Waals surface area contributed by atoms with E-state index in [9.17, 15) is 8.78 Å². The Labute approximate surface area is 216 Å². The zero-order chi connectivity index (χ0) is 26.8. The molecule has 0 amide bonds. The van der Waals surface area contributed by atoms with Crippen molar-refractivity contribution in [1.29, 1.82) is 0 Å². The highest BCUT2D eigenvalue weighted by Gasteiger charge is 2.18. The Morgan fingerprint density at radius 2 is 1.86 bits per heavy atom. The van der Waals surface area contributed by atoms with Crippen molar-refractivity contribution in [2.45, 2.75) is 6.61 Å². The van der Waals surface area contributed by atoms with Gasteiger partial charge in [0.25, 0.3) is 0 Å². The highest BCUT2D eigenvalue weighted by Crippen LogP contribution is 2.38. The molecule has 0 radical (unpaired) electrons. The summed E-state index contributed by atoms with van der Waals surface area (Å²) in [6.45, 7) is 2.69. The zero-order valence-electron chi connectivity index (χ0n) is 21.5. The van der Waals surface area contributed by atoms with Gasteiger partial charge in [-0.3, -0.25) is 0 Å². The van der Waals surface area contributed by atoms with Crippen molar-refractivity contribution in [3.05, 3.63) is 61.3 Å². The fraction of sp³-hybridized carbons (Fsp3) is 0.308. The maximum atomic E-state index is 13.3. The van der Waals surface area contributed by atoms with Crippen molar-refractivity contribution in [3.63, 3.8) is 0 Å². The number of aromatic nitrogens is 2. The number of alkyl halides is 2. The van der Waals surface area contributed by atoms with E-state index >= 15 is 0 Å². The van der Waals surface area contributed by atoms with E-state index in [-0.39, 0.29) is 17.4 Å². The van der Waals surface area contributed by atoms with Crippen molar-refractivity contribution in [1.82, 2.24) is 14.9 Å². The van der Waals surface area contributed by atoms with Crippen molar-refractivity contribution in [2.24, 2.45) is 0 Å². The van der Waals surface area contributed by atoms with Crippen LogP contribution in [0.3, 0.4) is 0 Å². The summed E-state index contributed by atoms with van der Waals surface area (Å²) in [7, 11) is 7.43. The van der Waals surface area contributed by atoms with E-state index in [1.807, 2.05) is 55.2 Å². The first-order chi connectivity index (χ1) is 17.8. The third kappa shape index (κ3) is 8.21. The van der Waals surface area contributed by atoms with Gasteiger partial charge >= 0.3 is 6.61 Å². The van der Waals surface area contributed by atoms with Gasteiger partial charge in [-0.25, -0.2) is 4.98 Å². The lowest BCUT2D eigenvalue weighted by molar-refractivity contribution is -0.0493. The normalized spacial score (nSPS) is 10.8. The minimum atomic E-state index is -3.01. The number of rotatable bonds is 14. The first-order valence-corrected chi connectivity index (χ1v) is 11.6. The summed E-state index contributed by atoms with van der Waals surface area (Å²) in [5.74, 6) is 1.38. The molecule has 1 heterocycles. The molecule has 0 aliphatic heterocycles. The maximum absolute atomic E-state index is 13.3. The summed E-state index contributed by atoms with van der Waals surface area (Å²) in [6.07, 6.45) is 3.28. The molecule has 0 aliphatic rings. The fourth-order valence-electron chi connectivity index (χ4n) is 3.43. The van der Waals surface area contributed by atoms with Crippen molar-refractivity contribution >= 4 is 34.5 Å². The molecular formula is C26H33F2N7O2. The number of methoxy groups -OCH3 is 1. The average Bonchev–Trinajstić information content (AvgIpc) is 2.87. The minimum Gasteiger partial charge on any atom is -0.497 e. The molecule has 0 bridgehead atoms. The molecule has 3 rings (SSSR count). The molecule has 0 spiro atoms. The molecule has 198 valence electrons. The first-order valence-electron chi connectivity index (χ1n) is 11.6. The number of nitrogens with one attached hydrogen (secondary N) is 3. The monoisotopic (exact) mass is 513 g/mol. The van der Waals surface area contributed by atoms with Crippen LogP contribution < -0.4 is 30.3 Å². The van der Waals surface area contributed by atoms with Gasteiger partial charge in [0, 0.05) is 50.7 Å². The number of likely N-dealkylation sites (N-methyl/N-ethyl adjacent to an activating group) is 2. The fourth-order valence-corrected chi connectivity index (χ4v) is 3.43. The predicted octanol–water partition coefficient (Wildman–Crippen LogP) is 5.17. The number of ether oxygens (including phenoxy) is 2. The molecule has 3 aromatic rings. The van der Waals surface area contributed by atoms with Crippen LogP contribution in [-0.4, -0.2) is 69.4 Å². The molecule has 0 unspecified atom stereocenters. The smallest absolute Gasteiger partial charge is 0.387 e. The van der Waals surface area contributed by atoms with E-state index in [0.717, 1.165) is 17.9 Å². The minimum absolute atomic E-state index is 0.0272. The summed E-state index contributed by atoms with van der Waals surface area (Å²) in [5, 5.41) is 9.48. The van der Waals surface area contributed by atoms with Gasteiger partial charge in [0.05, 0.1) is 24.2 Å². The van der Waals surface area contributed by atoms with E-state index in [1.165, 1.54) is 0 Å².